The van der Waals surface area contributed by atoms with E-state index >= 15 is 0 Å². The fourth-order valence-corrected chi connectivity index (χ4v) is 1.68. The number of piperidine rings is 1. The normalized spacial score (nSPS) is 29.3. The van der Waals surface area contributed by atoms with E-state index in [4.69, 9.17) is 5.11 Å². The van der Waals surface area contributed by atoms with Gasteiger partial charge >= 0.3 is 0 Å². The number of rotatable bonds is 2. The lowest BCUT2D eigenvalue weighted by Gasteiger charge is -2.35. The lowest BCUT2D eigenvalue weighted by Crippen LogP contribution is -2.45. The summed E-state index contributed by atoms with van der Waals surface area (Å²) in [5.74, 6) is 0. The van der Waals surface area contributed by atoms with Crippen molar-refractivity contribution in [1.29, 1.82) is 0 Å². The molecule has 80 valence electrons. The summed E-state index contributed by atoms with van der Waals surface area (Å²) >= 11 is 0. The van der Waals surface area contributed by atoms with Crippen molar-refractivity contribution in [3.63, 3.8) is 0 Å². The second kappa shape index (κ2) is 7.30. The van der Waals surface area contributed by atoms with Crippen molar-refractivity contribution in [3.8, 4) is 0 Å². The highest BCUT2D eigenvalue weighted by molar-refractivity contribution is 4.79. The first-order valence-electron chi connectivity index (χ1n) is 5.31. The van der Waals surface area contributed by atoms with Crippen LogP contribution in [-0.2, 0) is 0 Å². The number of likely N-dealkylation sites (N-methyl/N-ethyl adjacent to an activating group) is 1. The van der Waals surface area contributed by atoms with E-state index in [0.29, 0.717) is 0 Å². The zero-order valence-corrected chi connectivity index (χ0v) is 9.03. The maximum absolute atomic E-state index is 9.29. The van der Waals surface area contributed by atoms with E-state index in [0.717, 1.165) is 25.9 Å². The number of aliphatic hydroxyl groups excluding tert-OH is 2. The van der Waals surface area contributed by atoms with E-state index in [1.807, 2.05) is 13.8 Å². The number of hydrogen-bond acceptors (Lipinski definition) is 3. The Balaban J connectivity index is 0.000000671. The van der Waals surface area contributed by atoms with Crippen LogP contribution in [0.5, 0.6) is 0 Å². The summed E-state index contributed by atoms with van der Waals surface area (Å²) in [6.45, 7) is 8.14. The van der Waals surface area contributed by atoms with Gasteiger partial charge in [-0.15, -0.1) is 0 Å². The van der Waals surface area contributed by atoms with Crippen molar-refractivity contribution in [2.24, 2.45) is 0 Å². The molecule has 0 bridgehead atoms. The first-order chi connectivity index (χ1) is 6.27. The second-order valence-corrected chi connectivity index (χ2v) is 3.14. The van der Waals surface area contributed by atoms with Gasteiger partial charge in [0.15, 0.2) is 0 Å². The zero-order valence-electron chi connectivity index (χ0n) is 9.03. The molecule has 0 aromatic carbocycles. The van der Waals surface area contributed by atoms with Crippen LogP contribution in [0.4, 0.5) is 0 Å². The van der Waals surface area contributed by atoms with Crippen LogP contribution in [-0.4, -0.2) is 47.0 Å². The average Bonchev–Trinajstić information content (AvgIpc) is 2.20. The molecule has 1 saturated heterocycles. The van der Waals surface area contributed by atoms with E-state index in [1.54, 1.807) is 0 Å². The van der Waals surface area contributed by atoms with Gasteiger partial charge in [-0.2, -0.15) is 0 Å². The molecule has 1 aliphatic heterocycles. The van der Waals surface area contributed by atoms with Crippen molar-refractivity contribution in [3.05, 3.63) is 0 Å². The molecule has 1 rings (SSSR count). The third kappa shape index (κ3) is 4.07. The van der Waals surface area contributed by atoms with Crippen LogP contribution in [0.2, 0.25) is 0 Å². The summed E-state index contributed by atoms with van der Waals surface area (Å²) in [4.78, 5) is 2.22. The minimum Gasteiger partial charge on any atom is -0.395 e. The van der Waals surface area contributed by atoms with Crippen LogP contribution in [0.15, 0.2) is 0 Å². The van der Waals surface area contributed by atoms with Crippen molar-refractivity contribution < 1.29 is 10.2 Å². The third-order valence-corrected chi connectivity index (χ3v) is 2.43. The molecule has 1 fully saturated rings. The second-order valence-electron chi connectivity index (χ2n) is 3.14. The first kappa shape index (κ1) is 12.9. The average molecular weight is 189 g/mol. The predicted octanol–water partition coefficient (Wildman–Crippen LogP) is 0.850. The molecule has 0 aliphatic carbocycles. The van der Waals surface area contributed by atoms with Crippen molar-refractivity contribution in [1.82, 2.24) is 4.90 Å². The molecule has 1 heterocycles. The Bertz CT molecular complexity index is 119. The lowest BCUT2D eigenvalue weighted by atomic mass is 10.0. The van der Waals surface area contributed by atoms with E-state index in [-0.39, 0.29) is 18.8 Å². The van der Waals surface area contributed by atoms with E-state index in [1.165, 1.54) is 0 Å². The van der Waals surface area contributed by atoms with Gasteiger partial charge in [0.2, 0.25) is 0 Å². The molecule has 0 aromatic heterocycles. The molecule has 0 radical (unpaired) electrons. The van der Waals surface area contributed by atoms with Crippen molar-refractivity contribution in [2.45, 2.75) is 45.8 Å². The minimum atomic E-state index is -0.199. The molecule has 2 atom stereocenters. The van der Waals surface area contributed by atoms with Crippen LogP contribution >= 0.6 is 0 Å². The van der Waals surface area contributed by atoms with E-state index < -0.39 is 0 Å². The number of nitrogens with zero attached hydrogens (tertiary/aromatic N) is 1. The Morgan fingerprint density at radius 3 is 2.46 bits per heavy atom. The molecule has 3 heteroatoms. The molecule has 0 aromatic rings. The highest BCUT2D eigenvalue weighted by Gasteiger charge is 2.24. The highest BCUT2D eigenvalue weighted by atomic mass is 16.3. The molecule has 2 unspecified atom stereocenters. The SMILES string of the molecule is CC.CCN1CCC(O)CC1CO. The Morgan fingerprint density at radius 2 is 2.00 bits per heavy atom. The maximum Gasteiger partial charge on any atom is 0.0587 e. The highest BCUT2D eigenvalue weighted by Crippen LogP contribution is 2.16. The van der Waals surface area contributed by atoms with E-state index in [9.17, 15) is 5.11 Å². The number of aliphatic hydroxyl groups is 2. The molecule has 1 aliphatic rings. The topological polar surface area (TPSA) is 43.7 Å². The fraction of sp³-hybridized carbons (Fsp3) is 1.00. The Labute approximate surface area is 81.4 Å². The quantitative estimate of drug-likeness (QED) is 0.677. The summed E-state index contributed by atoms with van der Waals surface area (Å²) in [6, 6.07) is 0.184. The minimum absolute atomic E-state index is 0.172. The van der Waals surface area contributed by atoms with Gasteiger partial charge in [-0.25, -0.2) is 0 Å². The van der Waals surface area contributed by atoms with Crippen molar-refractivity contribution >= 4 is 0 Å². The number of hydrogen-bond donors (Lipinski definition) is 2. The summed E-state index contributed by atoms with van der Waals surface area (Å²) in [5.41, 5.74) is 0. The summed E-state index contributed by atoms with van der Waals surface area (Å²) in [5, 5.41) is 18.2. The Morgan fingerprint density at radius 1 is 1.38 bits per heavy atom. The zero-order chi connectivity index (χ0) is 10.3. The Kier molecular flexibility index (Phi) is 7.23. The van der Waals surface area contributed by atoms with Gasteiger partial charge in [0, 0.05) is 12.6 Å². The van der Waals surface area contributed by atoms with Crippen LogP contribution in [0.25, 0.3) is 0 Å². The molecule has 0 amide bonds. The fourth-order valence-electron chi connectivity index (χ4n) is 1.68. The van der Waals surface area contributed by atoms with Gasteiger partial charge in [0.25, 0.3) is 0 Å². The molecule has 2 N–H and O–H groups in total. The standard InChI is InChI=1S/C8H17NO2.C2H6/c1-2-9-4-3-8(11)5-7(9)6-10;1-2/h7-8,10-11H,2-6H2,1H3;1-2H3. The number of likely N-dealkylation sites (tertiary alicyclic amines) is 1. The van der Waals surface area contributed by atoms with Gasteiger partial charge < -0.3 is 10.2 Å². The molecular weight excluding hydrogens is 166 g/mol. The lowest BCUT2D eigenvalue weighted by molar-refractivity contribution is 0.0199. The van der Waals surface area contributed by atoms with Gasteiger partial charge in [-0.3, -0.25) is 4.90 Å². The molecular formula is C10H23NO2. The molecule has 13 heavy (non-hydrogen) atoms. The summed E-state index contributed by atoms with van der Waals surface area (Å²) in [6.07, 6.45) is 1.38. The molecule has 0 saturated carbocycles. The van der Waals surface area contributed by atoms with Gasteiger partial charge in [-0.1, -0.05) is 20.8 Å². The summed E-state index contributed by atoms with van der Waals surface area (Å²) < 4.78 is 0. The van der Waals surface area contributed by atoms with Crippen LogP contribution in [0.1, 0.15) is 33.6 Å². The molecule has 3 nitrogen and oxygen atoms in total. The van der Waals surface area contributed by atoms with Gasteiger partial charge in [0.05, 0.1) is 12.7 Å². The maximum atomic E-state index is 9.29. The smallest absolute Gasteiger partial charge is 0.0587 e. The van der Waals surface area contributed by atoms with Crippen LogP contribution in [0, 0.1) is 0 Å². The van der Waals surface area contributed by atoms with Crippen molar-refractivity contribution in [2.75, 3.05) is 19.7 Å². The molecule has 0 spiro atoms. The largest absolute Gasteiger partial charge is 0.395 e. The first-order valence-corrected chi connectivity index (χ1v) is 5.31. The Hall–Kier alpha value is -0.120. The monoisotopic (exact) mass is 189 g/mol. The van der Waals surface area contributed by atoms with Gasteiger partial charge in [-0.05, 0) is 19.4 Å². The predicted molar refractivity (Wildman–Crippen MR) is 54.7 cm³/mol. The van der Waals surface area contributed by atoms with E-state index in [2.05, 4.69) is 11.8 Å². The van der Waals surface area contributed by atoms with Crippen LogP contribution in [0.3, 0.4) is 0 Å². The van der Waals surface area contributed by atoms with Gasteiger partial charge in [0.1, 0.15) is 0 Å². The third-order valence-electron chi connectivity index (χ3n) is 2.43. The summed E-state index contributed by atoms with van der Waals surface area (Å²) in [7, 11) is 0. The van der Waals surface area contributed by atoms with Crippen LogP contribution < -0.4 is 0 Å².